The third kappa shape index (κ3) is 5.14. The molecule has 0 aliphatic heterocycles. The van der Waals surface area contributed by atoms with E-state index in [0.717, 1.165) is 5.01 Å². The fraction of sp³-hybridized carbons (Fsp3) is 0.500. The average molecular weight is 276 g/mol. The molecule has 1 aromatic rings. The van der Waals surface area contributed by atoms with Crippen molar-refractivity contribution in [3.63, 3.8) is 0 Å². The highest BCUT2D eigenvalue weighted by molar-refractivity contribution is 7.09. The summed E-state index contributed by atoms with van der Waals surface area (Å²) >= 11 is 6.91. The number of hydrogen-bond acceptors (Lipinski definition) is 4. The van der Waals surface area contributed by atoms with Crippen molar-refractivity contribution in [1.29, 1.82) is 0 Å². The highest BCUT2D eigenvalue weighted by atomic mass is 35.5. The number of imide groups is 1. The molecule has 1 rings (SSSR count). The molecule has 0 aliphatic carbocycles. The molecule has 0 fully saturated rings. The zero-order valence-corrected chi connectivity index (χ0v) is 11.0. The second-order valence-corrected chi connectivity index (χ2v) is 4.77. The number of nitrogens with one attached hydrogen (secondary N) is 2. The number of alkyl halides is 1. The van der Waals surface area contributed by atoms with Gasteiger partial charge in [-0.3, -0.25) is 10.1 Å². The van der Waals surface area contributed by atoms with Gasteiger partial charge in [0.05, 0.1) is 5.01 Å². The van der Waals surface area contributed by atoms with Crippen LogP contribution in [0.25, 0.3) is 0 Å². The summed E-state index contributed by atoms with van der Waals surface area (Å²) in [5.41, 5.74) is 0. The van der Waals surface area contributed by atoms with Crippen molar-refractivity contribution in [3.8, 4) is 0 Å². The zero-order valence-electron chi connectivity index (χ0n) is 9.40. The summed E-state index contributed by atoms with van der Waals surface area (Å²) < 4.78 is 0. The maximum absolute atomic E-state index is 11.3. The minimum Gasteiger partial charge on any atom is -0.337 e. The molecule has 94 valence electrons. The van der Waals surface area contributed by atoms with Gasteiger partial charge in [-0.05, 0) is 0 Å². The van der Waals surface area contributed by atoms with Gasteiger partial charge in [-0.15, -0.1) is 22.9 Å². The van der Waals surface area contributed by atoms with Crippen LogP contribution < -0.4 is 10.6 Å². The van der Waals surface area contributed by atoms with Crippen molar-refractivity contribution in [2.45, 2.75) is 19.3 Å². The zero-order chi connectivity index (χ0) is 12.7. The van der Waals surface area contributed by atoms with Gasteiger partial charge in [0, 0.05) is 36.3 Å². The van der Waals surface area contributed by atoms with Crippen molar-refractivity contribution >= 4 is 34.9 Å². The van der Waals surface area contributed by atoms with Crippen LogP contribution >= 0.6 is 22.9 Å². The van der Waals surface area contributed by atoms with Crippen molar-refractivity contribution in [3.05, 3.63) is 16.6 Å². The smallest absolute Gasteiger partial charge is 0.321 e. The first-order valence-electron chi connectivity index (χ1n) is 5.16. The number of carbonyl (C=O) groups is 2. The second-order valence-electron chi connectivity index (χ2n) is 3.47. The summed E-state index contributed by atoms with van der Waals surface area (Å²) in [6, 6.07) is -0.497. The Morgan fingerprint density at radius 1 is 1.59 bits per heavy atom. The van der Waals surface area contributed by atoms with Gasteiger partial charge in [-0.25, -0.2) is 9.78 Å². The van der Waals surface area contributed by atoms with Crippen LogP contribution in [-0.2, 0) is 4.79 Å². The van der Waals surface area contributed by atoms with Crippen LogP contribution in [0.15, 0.2) is 11.6 Å². The monoisotopic (exact) mass is 275 g/mol. The molecule has 2 N–H and O–H groups in total. The van der Waals surface area contributed by atoms with Gasteiger partial charge >= 0.3 is 6.03 Å². The molecule has 0 radical (unpaired) electrons. The maximum Gasteiger partial charge on any atom is 0.321 e. The number of urea groups is 1. The summed E-state index contributed by atoms with van der Waals surface area (Å²) in [7, 11) is 0. The van der Waals surface area contributed by atoms with E-state index < -0.39 is 6.03 Å². The van der Waals surface area contributed by atoms with Crippen LogP contribution in [0, 0.1) is 0 Å². The third-order valence-corrected chi connectivity index (χ3v) is 3.21. The molecule has 1 aromatic heterocycles. The van der Waals surface area contributed by atoms with E-state index >= 15 is 0 Å². The normalized spacial score (nSPS) is 11.9. The topological polar surface area (TPSA) is 71.1 Å². The maximum atomic E-state index is 11.3. The molecular formula is C10H14ClN3O2S. The first-order valence-corrected chi connectivity index (χ1v) is 6.58. The summed E-state index contributed by atoms with van der Waals surface area (Å²) in [5, 5.41) is 7.64. The molecule has 1 atom stereocenters. The third-order valence-electron chi connectivity index (χ3n) is 2.02. The molecule has 0 bridgehead atoms. The fourth-order valence-corrected chi connectivity index (χ4v) is 2.00. The molecule has 0 saturated heterocycles. The van der Waals surface area contributed by atoms with E-state index in [9.17, 15) is 9.59 Å². The lowest BCUT2D eigenvalue weighted by Crippen LogP contribution is -2.40. The summed E-state index contributed by atoms with van der Waals surface area (Å²) in [6.07, 6.45) is 1.86. The molecule has 1 heterocycles. The quantitative estimate of drug-likeness (QED) is 0.804. The first kappa shape index (κ1) is 13.9. The summed E-state index contributed by atoms with van der Waals surface area (Å²) in [4.78, 5) is 26.5. The van der Waals surface area contributed by atoms with E-state index in [0.29, 0.717) is 6.54 Å². The standard InChI is InChI=1S/C10H14ClN3O2S/c1-7(9-12-4-5-17-9)6-13-10(16)14-8(15)2-3-11/h4-5,7H,2-3,6H2,1H3,(H2,13,14,15,16). The van der Waals surface area contributed by atoms with Gasteiger partial charge in [0.15, 0.2) is 0 Å². The molecule has 0 aromatic carbocycles. The lowest BCUT2D eigenvalue weighted by atomic mass is 10.2. The predicted molar refractivity (Wildman–Crippen MR) is 67.4 cm³/mol. The van der Waals surface area contributed by atoms with Crippen molar-refractivity contribution < 1.29 is 9.59 Å². The van der Waals surface area contributed by atoms with E-state index in [4.69, 9.17) is 11.6 Å². The lowest BCUT2D eigenvalue weighted by molar-refractivity contribution is -0.119. The average Bonchev–Trinajstić information content (AvgIpc) is 2.79. The Kier molecular flexibility index (Phi) is 5.93. The van der Waals surface area contributed by atoms with Crippen LogP contribution in [0.1, 0.15) is 24.3 Å². The van der Waals surface area contributed by atoms with Gasteiger partial charge in [-0.1, -0.05) is 6.92 Å². The number of hydrogen-bond donors (Lipinski definition) is 2. The lowest BCUT2D eigenvalue weighted by Gasteiger charge is -2.10. The van der Waals surface area contributed by atoms with Crippen molar-refractivity contribution in [2.24, 2.45) is 0 Å². The Labute approximate surface area is 109 Å². The molecular weight excluding hydrogens is 262 g/mol. The van der Waals surface area contributed by atoms with E-state index in [1.54, 1.807) is 6.20 Å². The van der Waals surface area contributed by atoms with Crippen LogP contribution in [0.5, 0.6) is 0 Å². The number of amides is 3. The van der Waals surface area contributed by atoms with Gasteiger partial charge in [0.2, 0.25) is 5.91 Å². The number of nitrogens with zero attached hydrogens (tertiary/aromatic N) is 1. The fourth-order valence-electron chi connectivity index (χ4n) is 1.13. The predicted octanol–water partition coefficient (Wildman–Crippen LogP) is 1.70. The van der Waals surface area contributed by atoms with Crippen LogP contribution in [0.2, 0.25) is 0 Å². The van der Waals surface area contributed by atoms with Crippen molar-refractivity contribution in [2.75, 3.05) is 12.4 Å². The first-order chi connectivity index (χ1) is 8.13. The summed E-state index contributed by atoms with van der Waals surface area (Å²) in [6.45, 7) is 2.40. The summed E-state index contributed by atoms with van der Waals surface area (Å²) in [5.74, 6) is -0.0440. The largest absolute Gasteiger partial charge is 0.337 e. The molecule has 17 heavy (non-hydrogen) atoms. The molecule has 1 unspecified atom stereocenters. The Morgan fingerprint density at radius 2 is 2.35 bits per heavy atom. The molecule has 7 heteroatoms. The minimum atomic E-state index is -0.497. The number of carbonyl (C=O) groups excluding carboxylic acids is 2. The Balaban J connectivity index is 2.26. The SMILES string of the molecule is CC(CNC(=O)NC(=O)CCCl)c1nccs1. The van der Waals surface area contributed by atoms with Crippen molar-refractivity contribution in [1.82, 2.24) is 15.6 Å². The number of aromatic nitrogens is 1. The van der Waals surface area contributed by atoms with Gasteiger partial charge in [-0.2, -0.15) is 0 Å². The minimum absolute atomic E-state index is 0.129. The second kappa shape index (κ2) is 7.24. The Hall–Kier alpha value is -1.14. The van der Waals surface area contributed by atoms with Gasteiger partial charge in [0.1, 0.15) is 0 Å². The number of thiazole rings is 1. The van der Waals surface area contributed by atoms with Gasteiger partial charge < -0.3 is 5.32 Å². The Bertz CT molecular complexity index is 370. The van der Waals surface area contributed by atoms with Gasteiger partial charge in [0.25, 0.3) is 0 Å². The molecule has 3 amide bonds. The van der Waals surface area contributed by atoms with E-state index in [1.165, 1.54) is 11.3 Å². The van der Waals surface area contributed by atoms with E-state index in [-0.39, 0.29) is 24.1 Å². The molecule has 0 aliphatic rings. The molecule has 0 spiro atoms. The molecule has 0 saturated carbocycles. The van der Waals surface area contributed by atoms with Crippen LogP contribution in [0.4, 0.5) is 4.79 Å². The molecule has 5 nitrogen and oxygen atoms in total. The van der Waals surface area contributed by atoms with Crippen LogP contribution in [-0.4, -0.2) is 29.3 Å². The Morgan fingerprint density at radius 3 is 2.94 bits per heavy atom. The number of halogens is 1. The van der Waals surface area contributed by atoms with E-state index in [2.05, 4.69) is 15.6 Å². The van der Waals surface area contributed by atoms with E-state index in [1.807, 2.05) is 12.3 Å². The number of rotatable bonds is 5. The van der Waals surface area contributed by atoms with Crippen LogP contribution in [0.3, 0.4) is 0 Å². The highest BCUT2D eigenvalue weighted by Gasteiger charge is 2.11. The highest BCUT2D eigenvalue weighted by Crippen LogP contribution is 2.16.